The van der Waals surface area contributed by atoms with Crippen LogP contribution in [0.2, 0.25) is 10.0 Å². The van der Waals surface area contributed by atoms with Crippen LogP contribution < -0.4 is 0 Å². The van der Waals surface area contributed by atoms with Gasteiger partial charge in [-0.15, -0.1) is 23.2 Å². The Morgan fingerprint density at radius 1 is 0.762 bits per heavy atom. The van der Waals surface area contributed by atoms with Crippen LogP contribution in [0.5, 0.6) is 0 Å². The second-order valence-corrected chi connectivity index (χ2v) is 7.17. The topological polar surface area (TPSA) is 9.23 Å². The van der Waals surface area contributed by atoms with Crippen molar-refractivity contribution in [3.8, 4) is 0 Å². The fourth-order valence-electron chi connectivity index (χ4n) is 1.56. The summed E-state index contributed by atoms with van der Waals surface area (Å²) in [5, 5.41) is 1.31. The molecule has 0 spiro atoms. The standard InChI is InChI=1S/C14H10Cl4OS2/c15-7-9-5-11(17)1-3-13(9)20-19-21-14-4-2-12(18)6-10(14)8-16/h1-6H,7-8H2. The third kappa shape index (κ3) is 5.14. The van der Waals surface area contributed by atoms with E-state index >= 15 is 0 Å². The van der Waals surface area contributed by atoms with Crippen LogP contribution >= 0.6 is 70.5 Å². The Labute approximate surface area is 152 Å². The molecule has 1 nitrogen and oxygen atoms in total. The van der Waals surface area contributed by atoms with Crippen LogP contribution in [-0.4, -0.2) is 0 Å². The minimum absolute atomic E-state index is 0.380. The highest BCUT2D eigenvalue weighted by molar-refractivity contribution is 8.08. The highest BCUT2D eigenvalue weighted by Gasteiger charge is 2.08. The van der Waals surface area contributed by atoms with Crippen molar-refractivity contribution in [2.24, 2.45) is 0 Å². The first-order chi connectivity index (χ1) is 10.1. The van der Waals surface area contributed by atoms with E-state index in [-0.39, 0.29) is 0 Å². The Morgan fingerprint density at radius 2 is 1.19 bits per heavy atom. The Balaban J connectivity index is 2.02. The number of rotatable bonds is 6. The first-order valence-electron chi connectivity index (χ1n) is 5.84. The molecule has 0 amide bonds. The van der Waals surface area contributed by atoms with Crippen molar-refractivity contribution in [2.45, 2.75) is 21.6 Å². The van der Waals surface area contributed by atoms with Crippen LogP contribution in [-0.2, 0) is 15.4 Å². The molecule has 2 rings (SSSR count). The molecular weight excluding hydrogens is 390 g/mol. The zero-order valence-corrected chi connectivity index (χ0v) is 15.3. The minimum Gasteiger partial charge on any atom is -0.237 e. The predicted molar refractivity (Wildman–Crippen MR) is 94.8 cm³/mol. The van der Waals surface area contributed by atoms with E-state index in [9.17, 15) is 0 Å². The molecule has 0 saturated carbocycles. The lowest BCUT2D eigenvalue weighted by Gasteiger charge is -2.08. The van der Waals surface area contributed by atoms with E-state index in [1.54, 1.807) is 12.1 Å². The molecule has 0 unspecified atom stereocenters. The fraction of sp³-hybridized carbons (Fsp3) is 0.143. The summed E-state index contributed by atoms with van der Waals surface area (Å²) in [6.07, 6.45) is 0. The molecule has 7 heteroatoms. The van der Waals surface area contributed by atoms with Crippen LogP contribution in [0.3, 0.4) is 0 Å². The van der Waals surface area contributed by atoms with Crippen LogP contribution in [0.4, 0.5) is 0 Å². The SMILES string of the molecule is ClCc1cc(Cl)ccc1SOSc1ccc(Cl)cc1CCl. The highest BCUT2D eigenvalue weighted by Crippen LogP contribution is 2.35. The Bertz CT molecular complexity index is 568. The third-order valence-electron chi connectivity index (χ3n) is 2.58. The zero-order valence-electron chi connectivity index (χ0n) is 10.6. The van der Waals surface area contributed by atoms with E-state index in [2.05, 4.69) is 0 Å². The number of hydrogen-bond donors (Lipinski definition) is 0. The van der Waals surface area contributed by atoms with Crippen LogP contribution in [0.1, 0.15) is 11.1 Å². The maximum absolute atomic E-state index is 5.94. The number of alkyl halides is 2. The lowest BCUT2D eigenvalue weighted by atomic mass is 10.2. The molecule has 2 aromatic carbocycles. The van der Waals surface area contributed by atoms with Crippen molar-refractivity contribution >= 4 is 70.5 Å². The molecule has 0 aliphatic heterocycles. The largest absolute Gasteiger partial charge is 0.237 e. The quantitative estimate of drug-likeness (QED) is 0.375. The van der Waals surface area contributed by atoms with Gasteiger partial charge >= 0.3 is 0 Å². The van der Waals surface area contributed by atoms with Crippen LogP contribution in [0.15, 0.2) is 46.2 Å². The van der Waals surface area contributed by atoms with E-state index < -0.39 is 0 Å². The van der Waals surface area contributed by atoms with Gasteiger partial charge in [0.05, 0.1) is 0 Å². The van der Waals surface area contributed by atoms with Crippen molar-refractivity contribution in [1.29, 1.82) is 0 Å². The van der Waals surface area contributed by atoms with Gasteiger partial charge in [0, 0.05) is 55.7 Å². The maximum Gasteiger partial charge on any atom is 0.0486 e. The lowest BCUT2D eigenvalue weighted by molar-refractivity contribution is 0.754. The van der Waals surface area contributed by atoms with Crippen molar-refractivity contribution in [2.75, 3.05) is 0 Å². The Morgan fingerprint density at radius 3 is 1.57 bits per heavy atom. The van der Waals surface area contributed by atoms with Gasteiger partial charge in [0.2, 0.25) is 0 Å². The van der Waals surface area contributed by atoms with Gasteiger partial charge in [0.25, 0.3) is 0 Å². The molecule has 0 bridgehead atoms. The summed E-state index contributed by atoms with van der Waals surface area (Å²) >= 11 is 26.2. The molecule has 0 aliphatic rings. The van der Waals surface area contributed by atoms with Crippen molar-refractivity contribution in [3.63, 3.8) is 0 Å². The summed E-state index contributed by atoms with van der Waals surface area (Å²) in [5.41, 5.74) is 1.87. The monoisotopic (exact) mass is 398 g/mol. The van der Waals surface area contributed by atoms with Crippen LogP contribution in [0.25, 0.3) is 0 Å². The lowest BCUT2D eigenvalue weighted by Crippen LogP contribution is -1.85. The molecule has 0 fully saturated rings. The number of hydrogen-bond acceptors (Lipinski definition) is 3. The summed E-state index contributed by atoms with van der Waals surface area (Å²) < 4.78 is 5.60. The average molecular weight is 400 g/mol. The van der Waals surface area contributed by atoms with Crippen molar-refractivity contribution < 1.29 is 3.63 Å². The van der Waals surface area contributed by atoms with Gasteiger partial charge in [-0.05, 0) is 47.5 Å². The van der Waals surface area contributed by atoms with Gasteiger partial charge in [0.1, 0.15) is 0 Å². The van der Waals surface area contributed by atoms with Gasteiger partial charge in [-0.3, -0.25) is 0 Å². The molecule has 21 heavy (non-hydrogen) atoms. The molecule has 0 radical (unpaired) electrons. The first-order valence-corrected chi connectivity index (χ1v) is 9.15. The fourth-order valence-corrected chi connectivity index (χ4v) is 3.99. The van der Waals surface area contributed by atoms with E-state index in [1.807, 2.05) is 24.3 Å². The molecule has 0 heterocycles. The predicted octanol–water partition coefficient (Wildman–Crippen LogP) is 7.20. The second kappa shape index (κ2) is 8.78. The van der Waals surface area contributed by atoms with Crippen molar-refractivity contribution in [1.82, 2.24) is 0 Å². The van der Waals surface area contributed by atoms with Crippen LogP contribution in [0, 0.1) is 0 Å². The Hall–Kier alpha value is 0.260. The molecule has 0 saturated heterocycles. The summed E-state index contributed by atoms with van der Waals surface area (Å²) in [6.45, 7) is 0. The average Bonchev–Trinajstić information content (AvgIpc) is 2.49. The maximum atomic E-state index is 5.94. The van der Waals surface area contributed by atoms with Crippen molar-refractivity contribution in [3.05, 3.63) is 57.6 Å². The van der Waals surface area contributed by atoms with E-state index in [4.69, 9.17) is 50.0 Å². The highest BCUT2D eigenvalue weighted by atomic mass is 35.5. The molecule has 112 valence electrons. The molecule has 0 aromatic heterocycles. The third-order valence-corrected chi connectivity index (χ3v) is 5.33. The van der Waals surface area contributed by atoms with E-state index in [1.165, 1.54) is 24.1 Å². The zero-order chi connectivity index (χ0) is 15.2. The summed E-state index contributed by atoms with van der Waals surface area (Å²) in [6, 6.07) is 11.0. The van der Waals surface area contributed by atoms with Gasteiger partial charge in [0.15, 0.2) is 0 Å². The molecular formula is C14H10Cl4OS2. The van der Waals surface area contributed by atoms with Gasteiger partial charge in [-0.2, -0.15) is 0 Å². The summed E-state index contributed by atoms with van der Waals surface area (Å²) in [4.78, 5) is 1.87. The molecule has 2 aromatic rings. The molecule has 0 atom stereocenters. The van der Waals surface area contributed by atoms with E-state index in [0.29, 0.717) is 21.8 Å². The molecule has 0 aliphatic carbocycles. The van der Waals surface area contributed by atoms with Gasteiger partial charge < -0.3 is 0 Å². The second-order valence-electron chi connectivity index (χ2n) is 4.01. The normalized spacial score (nSPS) is 10.9. The number of halogens is 4. The van der Waals surface area contributed by atoms with Gasteiger partial charge in [-0.25, -0.2) is 3.63 Å². The number of benzene rings is 2. The summed E-state index contributed by atoms with van der Waals surface area (Å²) in [7, 11) is 0. The van der Waals surface area contributed by atoms with Gasteiger partial charge in [-0.1, -0.05) is 23.2 Å². The van der Waals surface area contributed by atoms with E-state index in [0.717, 1.165) is 20.9 Å². The first kappa shape index (κ1) is 17.6. The smallest absolute Gasteiger partial charge is 0.0486 e. The Kier molecular flexibility index (Phi) is 7.36. The minimum atomic E-state index is 0.380. The molecule has 0 N–H and O–H groups in total. The summed E-state index contributed by atoms with van der Waals surface area (Å²) in [5.74, 6) is 0.760.